The SMILES string of the molecule is CC(=O)O[C@@]12CO[C@@H]1C[C@H](O)[C@@]1(C)C(=O)[C@H](O)C3=C(C)[C@@H](OC(=O)[C@H](O)[C@@H](NC(=O)OC(C)(C)C)c4ccccc4)C[C@@](O)([C@@H](OC(=O)c4ccccc4)[C@H]21)C3(C)C.N.N.O=S(=O)([O-])CCSSCCS(=O)(=O)[O-].[Cl][Pt][Cl].[Na+].[Na+]. The molecule has 79 heavy (non-hydrogen) atoms. The van der Waals surface area contributed by atoms with Crippen LogP contribution >= 0.6 is 40.4 Å². The van der Waals surface area contributed by atoms with E-state index in [-0.39, 0.29) is 113 Å². The largest absolute Gasteiger partial charge is 1.00 e. The van der Waals surface area contributed by atoms with Crippen molar-refractivity contribution in [1.82, 2.24) is 17.6 Å². The van der Waals surface area contributed by atoms with Gasteiger partial charge in [-0.3, -0.25) is 9.59 Å². The zero-order valence-electron chi connectivity index (χ0n) is 45.3. The Kier molecular flexibility index (Phi) is 31.6. The summed E-state index contributed by atoms with van der Waals surface area (Å²) in [7, 11) is 3.45. The Labute approximate surface area is 529 Å². The Morgan fingerprint density at radius 2 is 1.39 bits per heavy atom. The smallest absolute Gasteiger partial charge is 1.00 e. The molecule has 23 nitrogen and oxygen atoms in total. The van der Waals surface area contributed by atoms with E-state index in [1.807, 2.05) is 0 Å². The van der Waals surface area contributed by atoms with Gasteiger partial charge in [0.05, 0.1) is 55.9 Å². The molecular formula is C47H67Cl2N3Na2O20PtS4. The van der Waals surface area contributed by atoms with Crippen molar-refractivity contribution in [3.63, 3.8) is 0 Å². The average molecular weight is 1430 g/mol. The van der Waals surface area contributed by atoms with Crippen molar-refractivity contribution in [2.75, 3.05) is 29.6 Å². The fourth-order valence-electron chi connectivity index (χ4n) is 9.95. The number of rotatable bonds is 15. The molecule has 6 rings (SSSR count). The molecular weight excluding hydrogens is 1370 g/mol. The molecule has 3 fully saturated rings. The molecule has 1 saturated heterocycles. The van der Waals surface area contributed by atoms with E-state index in [1.165, 1.54) is 26.0 Å². The number of aliphatic hydroxyl groups is 4. The van der Waals surface area contributed by atoms with Crippen LogP contribution in [0.4, 0.5) is 4.79 Å². The van der Waals surface area contributed by atoms with Crippen LogP contribution < -0.4 is 76.7 Å². The van der Waals surface area contributed by atoms with Crippen molar-refractivity contribution in [3.8, 4) is 0 Å². The van der Waals surface area contributed by atoms with Crippen LogP contribution in [0, 0.1) is 16.7 Å². The van der Waals surface area contributed by atoms with Crippen LogP contribution in [-0.4, -0.2) is 159 Å². The zero-order valence-corrected chi connectivity index (χ0v) is 56.3. The van der Waals surface area contributed by atoms with E-state index in [9.17, 15) is 70.3 Å². The number of fused-ring (bicyclic) bond motifs is 5. The van der Waals surface area contributed by atoms with Gasteiger partial charge in [0.15, 0.2) is 17.5 Å². The van der Waals surface area contributed by atoms with Crippen LogP contribution in [0.1, 0.15) is 90.2 Å². The molecule has 0 radical (unpaired) electrons. The molecule has 11 atom stereocenters. The normalized spacial score (nSPS) is 27.3. The minimum absolute atomic E-state index is 0. The number of benzene rings is 2. The third kappa shape index (κ3) is 19.3. The Morgan fingerprint density at radius 1 is 0.899 bits per heavy atom. The summed E-state index contributed by atoms with van der Waals surface area (Å²) in [5.41, 5.74) is -8.14. The van der Waals surface area contributed by atoms with Crippen molar-refractivity contribution in [2.24, 2.45) is 16.7 Å². The summed E-state index contributed by atoms with van der Waals surface area (Å²) >= 11 is -0.472. The quantitative estimate of drug-likeness (QED) is 0.0201. The summed E-state index contributed by atoms with van der Waals surface area (Å²) in [6, 6.07) is 14.6. The van der Waals surface area contributed by atoms with Gasteiger partial charge in [-0.05, 0) is 63.5 Å². The number of alkyl carbamates (subject to hydrolysis) is 1. The number of carbonyl (C=O) groups is 5. The molecule has 11 N–H and O–H groups in total. The number of ketones is 1. The summed E-state index contributed by atoms with van der Waals surface area (Å²) in [6.45, 7) is 11.8. The van der Waals surface area contributed by atoms with Crippen molar-refractivity contribution in [2.45, 2.75) is 128 Å². The van der Waals surface area contributed by atoms with E-state index in [0.29, 0.717) is 5.56 Å². The molecule has 1 aliphatic heterocycles. The summed E-state index contributed by atoms with van der Waals surface area (Å²) in [5.74, 6) is -6.16. The summed E-state index contributed by atoms with van der Waals surface area (Å²) in [5, 5.41) is 51.6. The Balaban J connectivity index is 0.00000252. The van der Waals surface area contributed by atoms with Crippen LogP contribution in [0.5, 0.6) is 0 Å². The van der Waals surface area contributed by atoms with E-state index in [2.05, 4.69) is 5.32 Å². The molecule has 2 aromatic rings. The first-order chi connectivity index (χ1) is 34.6. The van der Waals surface area contributed by atoms with Gasteiger partial charge in [-0.1, -0.05) is 84.0 Å². The van der Waals surface area contributed by atoms with Gasteiger partial charge >= 0.3 is 118 Å². The molecule has 0 spiro atoms. The first kappa shape index (κ1) is 78.0. The van der Waals surface area contributed by atoms with Gasteiger partial charge in [0, 0.05) is 48.2 Å². The van der Waals surface area contributed by atoms with Crippen molar-refractivity contribution < 1.29 is 170 Å². The van der Waals surface area contributed by atoms with Crippen LogP contribution in [-0.2, 0) is 74.8 Å². The van der Waals surface area contributed by atoms with Gasteiger partial charge < -0.3 is 70.8 Å². The van der Waals surface area contributed by atoms with Crippen molar-refractivity contribution in [1.29, 1.82) is 0 Å². The number of halogens is 2. The third-order valence-corrected chi connectivity index (χ3v) is 17.8. The molecule has 1 heterocycles. The maximum Gasteiger partial charge on any atom is 1.00 e. The van der Waals surface area contributed by atoms with Crippen LogP contribution in [0.25, 0.3) is 0 Å². The second-order valence-electron chi connectivity index (χ2n) is 19.8. The molecule has 440 valence electrons. The molecule has 2 aromatic carbocycles. The topological polar surface area (TPSA) is 409 Å². The maximum absolute atomic E-state index is 14.9. The van der Waals surface area contributed by atoms with Crippen molar-refractivity contribution >= 4 is 90.4 Å². The fraction of sp³-hybridized carbons (Fsp3) is 0.596. The van der Waals surface area contributed by atoms with E-state index in [4.69, 9.17) is 42.5 Å². The maximum atomic E-state index is 14.9. The number of Topliss-reactive ketones (excluding diaryl/α,β-unsaturated/α-hetero) is 1. The van der Waals surface area contributed by atoms with Gasteiger partial charge in [-0.2, -0.15) is 0 Å². The number of amides is 1. The second kappa shape index (κ2) is 32.0. The predicted octanol–water partition coefficient (Wildman–Crippen LogP) is -1.57. The van der Waals surface area contributed by atoms with Gasteiger partial charge in [-0.15, -0.1) is 0 Å². The van der Waals surface area contributed by atoms with Crippen molar-refractivity contribution in [3.05, 3.63) is 82.9 Å². The summed E-state index contributed by atoms with van der Waals surface area (Å²) < 4.78 is 90.1. The number of carbonyl (C=O) groups excluding carboxylic acids is 5. The monoisotopic (exact) mass is 1430 g/mol. The predicted molar refractivity (Wildman–Crippen MR) is 279 cm³/mol. The number of nitrogens with one attached hydrogen (secondary N) is 1. The molecule has 3 aliphatic carbocycles. The molecule has 0 aromatic heterocycles. The standard InChI is InChI=1S/C43H53NO14.C4H10O6S4.2ClH.2H3N.2Na.Pt/c1-22-26(55-37(51)32(48)30(24-15-11-9-12-16-24)44-38(52)58-39(3,4)5)20-43(53)35(56-36(50)25-17-13-10-14-18-25)33-41(8,34(49)31(47)29(22)40(43,6)7)27(46)19-28-42(33,21-54-28)57-23(2)45;5-13(6,7)3-1-11-12-2-4-14(8,9)10;;;;;;;/h9-18,26-28,30-33,35,46-48,53H,19-21H2,1-8H3,(H,44,52);1-4H2,(H,5,6,7)(H,8,9,10);2*1H;2*1H3;;;/q;;;;;;2*+1;+2/p-4/t26-,27-,28+,30-,31+,32+,33-,35-,41+,42-,43+;;;;;;;;/m0......../s1. The van der Waals surface area contributed by atoms with Gasteiger partial charge in [-0.25, -0.2) is 31.2 Å². The van der Waals surface area contributed by atoms with Crippen LogP contribution in [0.2, 0.25) is 0 Å². The van der Waals surface area contributed by atoms with Crippen LogP contribution in [0.3, 0.4) is 0 Å². The number of hydrogen-bond donors (Lipinski definition) is 7. The number of esters is 3. The summed E-state index contributed by atoms with van der Waals surface area (Å²) in [6.07, 6.45) is -11.5. The van der Waals surface area contributed by atoms with Gasteiger partial charge in [0.2, 0.25) is 0 Å². The second-order valence-corrected chi connectivity index (χ2v) is 28.8. The molecule has 32 heteroatoms. The Morgan fingerprint density at radius 3 is 1.84 bits per heavy atom. The molecule has 2 saturated carbocycles. The molecule has 2 bridgehead atoms. The zero-order chi connectivity index (χ0) is 56.7. The molecule has 1 amide bonds. The number of ether oxygens (including phenoxy) is 5. The Hall–Kier alpha value is -0.962. The molecule has 0 unspecified atom stereocenters. The fourth-order valence-corrected chi connectivity index (χ4v) is 14.3. The minimum atomic E-state index is -4.20. The van der Waals surface area contributed by atoms with Gasteiger partial charge in [0.25, 0.3) is 0 Å². The van der Waals surface area contributed by atoms with E-state index in [0.717, 1.165) is 28.5 Å². The third-order valence-electron chi connectivity index (χ3n) is 13.5. The average Bonchev–Trinajstić information content (AvgIpc) is 3.30. The summed E-state index contributed by atoms with van der Waals surface area (Å²) in [4.78, 5) is 68.9. The van der Waals surface area contributed by atoms with E-state index >= 15 is 0 Å². The minimum Gasteiger partial charge on any atom is 1.00 e. The van der Waals surface area contributed by atoms with Gasteiger partial charge in [0.1, 0.15) is 35.6 Å². The number of aliphatic hydroxyl groups excluding tert-OH is 3. The number of hydrogen-bond acceptors (Lipinski definition) is 24. The van der Waals surface area contributed by atoms with E-state index in [1.54, 1.807) is 83.1 Å². The first-order valence-corrected chi connectivity index (χ1v) is 34.2. The Bertz CT molecular complexity index is 2620. The molecule has 4 aliphatic rings. The van der Waals surface area contributed by atoms with Crippen LogP contribution in [0.15, 0.2) is 71.8 Å². The van der Waals surface area contributed by atoms with E-state index < -0.39 is 161 Å². The first-order valence-electron chi connectivity index (χ1n) is 22.9.